The number of hydrogen-bond donors (Lipinski definition) is 1. The highest BCUT2D eigenvalue weighted by atomic mass is 35.5. The van der Waals surface area contributed by atoms with Crippen molar-refractivity contribution >= 4 is 24.2 Å². The molecule has 0 unspecified atom stereocenters. The first-order chi connectivity index (χ1) is 12.6. The molecule has 18 heteroatoms. The van der Waals surface area contributed by atoms with Crippen molar-refractivity contribution in [3.8, 4) is 0 Å². The van der Waals surface area contributed by atoms with E-state index in [9.17, 15) is 66.7 Å². The van der Waals surface area contributed by atoms with Crippen LogP contribution in [0.2, 0.25) is 0 Å². The molecule has 180 valence electrons. The van der Waals surface area contributed by atoms with Crippen molar-refractivity contribution in [2.24, 2.45) is 5.73 Å². The maximum absolute atomic E-state index is 13.3. The van der Waals surface area contributed by atoms with Crippen molar-refractivity contribution in [3.05, 3.63) is 0 Å². The molecule has 0 bridgehead atoms. The molecule has 0 amide bonds. The molecule has 0 saturated carbocycles. The molecule has 0 atom stereocenters. The molecule has 0 aromatic carbocycles. The second-order valence-corrected chi connectivity index (χ2v) is 5.40. The topological polar surface area (TPSA) is 69.4 Å². The van der Waals surface area contributed by atoms with Crippen LogP contribution in [0.4, 0.5) is 57.1 Å². The highest BCUT2D eigenvalue weighted by molar-refractivity contribution is 5.85. The number of hydrogen-bond acceptors (Lipinski definition) is 4. The second kappa shape index (κ2) is 9.32. The smallest absolute Gasteiger partial charge is 0.459 e. The molecular formula is C12H11ClF13NO3. The third-order valence-corrected chi connectivity index (χ3v) is 3.25. The minimum atomic E-state index is -8.03. The van der Waals surface area contributed by atoms with E-state index in [1.165, 1.54) is 0 Å². The molecule has 0 saturated heterocycles. The third kappa shape index (κ3) is 5.39. The molecule has 0 heterocycles. The molecule has 2 N–H and O–H groups in total. The minimum Gasteiger partial charge on any atom is -0.459 e. The molecule has 0 rings (SSSR count). The number of nitrogens with two attached hydrogens (primary N) is 1. The first-order valence-corrected chi connectivity index (χ1v) is 6.93. The molecule has 0 aromatic rings. The summed E-state index contributed by atoms with van der Waals surface area (Å²) in [6.45, 7) is -3.74. The Hall–Kier alpha value is -1.52. The van der Waals surface area contributed by atoms with Crippen molar-refractivity contribution in [2.75, 3.05) is 13.2 Å². The first-order valence-electron chi connectivity index (χ1n) is 6.93. The monoisotopic (exact) mass is 499 g/mol. The van der Waals surface area contributed by atoms with Crippen molar-refractivity contribution in [1.82, 2.24) is 0 Å². The summed E-state index contributed by atoms with van der Waals surface area (Å²) in [6.07, 6.45) is -9.37. The lowest BCUT2D eigenvalue weighted by molar-refractivity contribution is -0.441. The summed E-state index contributed by atoms with van der Waals surface area (Å²) in [5, 5.41) is 0. The first kappa shape index (κ1) is 30.7. The van der Waals surface area contributed by atoms with Gasteiger partial charge in [-0.05, 0) is 0 Å². The standard InChI is InChI=1S/C12H10F13NO3.ClH/c13-7(14,4-29-6(28)2-1-5(27)3-26)8(15,16)9(17,18)10(19,20)11(21,22)12(23,24)25;/h1-4,26H2;1H. The molecule has 0 fully saturated rings. The van der Waals surface area contributed by atoms with Crippen LogP contribution in [0.25, 0.3) is 0 Å². The fourth-order valence-electron chi connectivity index (χ4n) is 1.48. The summed E-state index contributed by atoms with van der Waals surface area (Å²) in [5.74, 6) is -40.6. The highest BCUT2D eigenvalue weighted by Gasteiger charge is 2.90. The SMILES string of the molecule is Cl.NCC(=O)CCC(=O)OCC(F)(F)C(F)(F)C(F)(F)C(F)(F)C(F)(F)C(F)(F)F. The van der Waals surface area contributed by atoms with Crippen LogP contribution in [-0.4, -0.2) is 60.7 Å². The van der Waals surface area contributed by atoms with Gasteiger partial charge in [-0.2, -0.15) is 57.1 Å². The van der Waals surface area contributed by atoms with Crippen molar-refractivity contribution < 1.29 is 71.4 Å². The van der Waals surface area contributed by atoms with Gasteiger partial charge in [0.2, 0.25) is 0 Å². The Morgan fingerprint density at radius 2 is 1.07 bits per heavy atom. The normalized spacial score (nSPS) is 14.2. The molecule has 4 nitrogen and oxygen atoms in total. The average Bonchev–Trinajstić information content (AvgIpc) is 2.55. The molecule has 0 spiro atoms. The van der Waals surface area contributed by atoms with Gasteiger partial charge in [-0.3, -0.25) is 9.59 Å². The Bertz CT molecular complexity index is 621. The van der Waals surface area contributed by atoms with Crippen LogP contribution in [-0.2, 0) is 14.3 Å². The molecule has 0 radical (unpaired) electrons. The predicted octanol–water partition coefficient (Wildman–Crippen LogP) is 4.00. The summed E-state index contributed by atoms with van der Waals surface area (Å²) in [7, 11) is 0. The van der Waals surface area contributed by atoms with Gasteiger partial charge < -0.3 is 10.5 Å². The Kier molecular flexibility index (Phi) is 9.52. The van der Waals surface area contributed by atoms with Crippen LogP contribution >= 0.6 is 12.4 Å². The fourth-order valence-corrected chi connectivity index (χ4v) is 1.48. The Morgan fingerprint density at radius 1 is 0.667 bits per heavy atom. The highest BCUT2D eigenvalue weighted by Crippen LogP contribution is 2.60. The van der Waals surface area contributed by atoms with E-state index in [0.29, 0.717) is 0 Å². The maximum Gasteiger partial charge on any atom is 0.460 e. The summed E-state index contributed by atoms with van der Waals surface area (Å²) in [5.41, 5.74) is 4.80. The zero-order chi connectivity index (χ0) is 23.7. The number of rotatable bonds is 10. The zero-order valence-corrected chi connectivity index (χ0v) is 14.8. The van der Waals surface area contributed by atoms with Gasteiger partial charge >= 0.3 is 41.8 Å². The van der Waals surface area contributed by atoms with Gasteiger partial charge in [0, 0.05) is 6.42 Å². The number of carbonyl (C=O) groups excluding carboxylic acids is 2. The summed E-state index contributed by atoms with van der Waals surface area (Å²) >= 11 is 0. The van der Waals surface area contributed by atoms with E-state index < -0.39 is 73.5 Å². The van der Waals surface area contributed by atoms with Crippen LogP contribution < -0.4 is 5.73 Å². The molecule has 0 aromatic heterocycles. The molecule has 30 heavy (non-hydrogen) atoms. The maximum atomic E-state index is 13.3. The quantitative estimate of drug-likeness (QED) is 0.364. The molecule has 0 aliphatic carbocycles. The number of carbonyl (C=O) groups is 2. The van der Waals surface area contributed by atoms with E-state index in [2.05, 4.69) is 4.74 Å². The largest absolute Gasteiger partial charge is 0.460 e. The Balaban J connectivity index is 0. The number of Topliss-reactive ketones (excluding diaryl/α,β-unsaturated/α-hetero) is 1. The van der Waals surface area contributed by atoms with Crippen LogP contribution in [0.5, 0.6) is 0 Å². The van der Waals surface area contributed by atoms with E-state index >= 15 is 0 Å². The van der Waals surface area contributed by atoms with Gasteiger partial charge in [-0.1, -0.05) is 0 Å². The van der Waals surface area contributed by atoms with Gasteiger partial charge in [-0.15, -0.1) is 12.4 Å². The average molecular weight is 500 g/mol. The van der Waals surface area contributed by atoms with Gasteiger partial charge in [0.25, 0.3) is 0 Å². The number of ketones is 1. The fraction of sp³-hybridized carbons (Fsp3) is 0.833. The van der Waals surface area contributed by atoms with Crippen molar-refractivity contribution in [3.63, 3.8) is 0 Å². The Labute approximate surface area is 164 Å². The lowest BCUT2D eigenvalue weighted by Crippen LogP contribution is -2.70. The second-order valence-electron chi connectivity index (χ2n) is 5.40. The number of esters is 1. The summed E-state index contributed by atoms with van der Waals surface area (Å²) in [6, 6.07) is 0. The van der Waals surface area contributed by atoms with Gasteiger partial charge in [-0.25, -0.2) is 0 Å². The van der Waals surface area contributed by atoms with E-state index in [1.54, 1.807) is 0 Å². The molecular weight excluding hydrogens is 489 g/mol. The van der Waals surface area contributed by atoms with E-state index in [4.69, 9.17) is 5.73 Å². The van der Waals surface area contributed by atoms with E-state index in [-0.39, 0.29) is 12.4 Å². The van der Waals surface area contributed by atoms with Crippen LogP contribution in [0, 0.1) is 0 Å². The van der Waals surface area contributed by atoms with E-state index in [0.717, 1.165) is 0 Å². The zero-order valence-electron chi connectivity index (χ0n) is 14.0. The van der Waals surface area contributed by atoms with Crippen LogP contribution in [0.15, 0.2) is 0 Å². The number of alkyl halides is 13. The van der Waals surface area contributed by atoms with Crippen molar-refractivity contribution in [1.29, 1.82) is 0 Å². The van der Waals surface area contributed by atoms with Gasteiger partial charge in [0.15, 0.2) is 6.61 Å². The number of ether oxygens (including phenoxy) is 1. The lowest BCUT2D eigenvalue weighted by atomic mass is 9.94. The van der Waals surface area contributed by atoms with Crippen molar-refractivity contribution in [2.45, 2.75) is 48.6 Å². The Morgan fingerprint density at radius 3 is 1.43 bits per heavy atom. The molecule has 0 aliphatic heterocycles. The molecule has 0 aliphatic rings. The summed E-state index contributed by atoms with van der Waals surface area (Å²) < 4.78 is 170. The number of halogens is 14. The van der Waals surface area contributed by atoms with Crippen LogP contribution in [0.1, 0.15) is 12.8 Å². The predicted molar refractivity (Wildman–Crippen MR) is 72.3 cm³/mol. The lowest BCUT2D eigenvalue weighted by Gasteiger charge is -2.39. The minimum absolute atomic E-state index is 0. The van der Waals surface area contributed by atoms with E-state index in [1.807, 2.05) is 0 Å². The third-order valence-electron chi connectivity index (χ3n) is 3.25. The van der Waals surface area contributed by atoms with Gasteiger partial charge in [0.05, 0.1) is 13.0 Å². The van der Waals surface area contributed by atoms with Crippen LogP contribution in [0.3, 0.4) is 0 Å². The summed E-state index contributed by atoms with van der Waals surface area (Å²) in [4.78, 5) is 21.7. The van der Waals surface area contributed by atoms with Gasteiger partial charge in [0.1, 0.15) is 5.78 Å².